The van der Waals surface area contributed by atoms with Gasteiger partial charge in [0.25, 0.3) is 0 Å². The van der Waals surface area contributed by atoms with E-state index < -0.39 is 0 Å². The van der Waals surface area contributed by atoms with Gasteiger partial charge in [-0.25, -0.2) is 0 Å². The van der Waals surface area contributed by atoms with Crippen molar-refractivity contribution < 1.29 is 0 Å². The van der Waals surface area contributed by atoms with Crippen molar-refractivity contribution >= 4 is 23.3 Å². The van der Waals surface area contributed by atoms with E-state index in [0.717, 1.165) is 30.1 Å². The number of benzene rings is 3. The molecular weight excluding hydrogens is 476 g/mol. The lowest BCUT2D eigenvalue weighted by molar-refractivity contribution is 0.404. The second-order valence-corrected chi connectivity index (χ2v) is 10.9. The molecule has 0 spiro atoms. The highest BCUT2D eigenvalue weighted by atomic mass is 15.3. The summed E-state index contributed by atoms with van der Waals surface area (Å²) in [6.07, 6.45) is 7.19. The first-order valence-electron chi connectivity index (χ1n) is 14.0. The maximum Gasteiger partial charge on any atom is 0.106 e. The number of anilines is 2. The summed E-state index contributed by atoms with van der Waals surface area (Å²) in [4.78, 5) is 4.60. The van der Waals surface area contributed by atoms with E-state index in [0.29, 0.717) is 5.92 Å². The van der Waals surface area contributed by atoms with Crippen molar-refractivity contribution in [2.75, 3.05) is 11.9 Å². The fraction of sp³-hybridized carbons (Fsp3) is 0.343. The number of nitrogens with zero attached hydrogens (tertiary/aromatic N) is 2. The van der Waals surface area contributed by atoms with Crippen LogP contribution in [-0.2, 0) is 6.54 Å². The number of allylic oxidation sites excluding steroid dienone is 1. The van der Waals surface area contributed by atoms with Gasteiger partial charge in [-0.15, -0.1) is 0 Å². The number of aryl methyl sites for hydroxylation is 4. The molecule has 1 saturated carbocycles. The minimum absolute atomic E-state index is 0.559. The first kappa shape index (κ1) is 29.8. The first-order valence-corrected chi connectivity index (χ1v) is 14.0. The number of para-hydroxylation sites is 1. The molecule has 0 radical (unpaired) electrons. The third-order valence-corrected chi connectivity index (χ3v) is 7.82. The molecule has 0 atom stereocenters. The summed E-state index contributed by atoms with van der Waals surface area (Å²) in [5.41, 5.74) is 15.8. The highest BCUT2D eigenvalue weighted by Crippen LogP contribution is 2.41. The fourth-order valence-electron chi connectivity index (χ4n) is 5.69. The van der Waals surface area contributed by atoms with Crippen molar-refractivity contribution in [1.82, 2.24) is 4.90 Å². The van der Waals surface area contributed by atoms with Crippen LogP contribution in [-0.4, -0.2) is 18.3 Å². The number of rotatable bonds is 8. The SMILES string of the molecule is C=C(c1ccccc1N(C(=C)N(C)Cc1c(C)cc(C)cc1C)c1ccc(C)cc1)C1CCCCC1.N=CN. The van der Waals surface area contributed by atoms with Crippen molar-refractivity contribution in [1.29, 1.82) is 5.41 Å². The van der Waals surface area contributed by atoms with Crippen molar-refractivity contribution in [2.24, 2.45) is 11.7 Å². The Morgan fingerprint density at radius 3 is 2.05 bits per heavy atom. The average Bonchev–Trinajstić information content (AvgIpc) is 2.92. The molecule has 1 aliphatic rings. The van der Waals surface area contributed by atoms with E-state index in [1.165, 1.54) is 71.1 Å². The molecule has 4 rings (SSSR count). The molecular formula is C35H46N4. The topological polar surface area (TPSA) is 56.4 Å². The molecule has 4 nitrogen and oxygen atoms in total. The molecule has 206 valence electrons. The molecule has 0 unspecified atom stereocenters. The monoisotopic (exact) mass is 522 g/mol. The predicted octanol–water partition coefficient (Wildman–Crippen LogP) is 8.81. The summed E-state index contributed by atoms with van der Waals surface area (Å²) in [5, 5.41) is 5.86. The molecule has 3 aromatic rings. The smallest absolute Gasteiger partial charge is 0.106 e. The molecule has 1 fully saturated rings. The lowest BCUT2D eigenvalue weighted by atomic mass is 9.81. The zero-order chi connectivity index (χ0) is 28.5. The van der Waals surface area contributed by atoms with Gasteiger partial charge in [0.05, 0.1) is 12.0 Å². The molecule has 4 heteroatoms. The summed E-state index contributed by atoms with van der Waals surface area (Å²) in [6.45, 7) is 18.8. The number of hydrogen-bond donors (Lipinski definition) is 2. The van der Waals surface area contributed by atoms with Gasteiger partial charge in [-0.3, -0.25) is 10.3 Å². The van der Waals surface area contributed by atoms with Gasteiger partial charge in [-0.1, -0.05) is 86.0 Å². The lowest BCUT2D eigenvalue weighted by Crippen LogP contribution is -2.30. The highest BCUT2D eigenvalue weighted by Gasteiger charge is 2.24. The predicted molar refractivity (Wildman–Crippen MR) is 170 cm³/mol. The van der Waals surface area contributed by atoms with E-state index >= 15 is 0 Å². The van der Waals surface area contributed by atoms with Gasteiger partial charge < -0.3 is 10.6 Å². The van der Waals surface area contributed by atoms with Crippen LogP contribution in [0.3, 0.4) is 0 Å². The third-order valence-electron chi connectivity index (χ3n) is 7.82. The van der Waals surface area contributed by atoms with Crippen LogP contribution in [0.15, 0.2) is 79.6 Å². The van der Waals surface area contributed by atoms with Crippen molar-refractivity contribution in [2.45, 2.75) is 66.3 Å². The average molecular weight is 523 g/mol. The van der Waals surface area contributed by atoms with Crippen LogP contribution in [0.25, 0.3) is 5.57 Å². The Morgan fingerprint density at radius 1 is 0.897 bits per heavy atom. The largest absolute Gasteiger partial charge is 0.390 e. The highest BCUT2D eigenvalue weighted by molar-refractivity contribution is 5.82. The van der Waals surface area contributed by atoms with Gasteiger partial charge in [0.1, 0.15) is 5.82 Å². The van der Waals surface area contributed by atoms with Gasteiger partial charge in [-0.05, 0) is 86.9 Å². The quantitative estimate of drug-likeness (QED) is 0.229. The molecule has 39 heavy (non-hydrogen) atoms. The van der Waals surface area contributed by atoms with Crippen molar-refractivity contribution in [3.63, 3.8) is 0 Å². The summed E-state index contributed by atoms with van der Waals surface area (Å²) >= 11 is 0. The Bertz CT molecular complexity index is 1260. The molecule has 1 aliphatic carbocycles. The van der Waals surface area contributed by atoms with Crippen LogP contribution < -0.4 is 10.6 Å². The van der Waals surface area contributed by atoms with Gasteiger partial charge in [0.15, 0.2) is 0 Å². The fourth-order valence-corrected chi connectivity index (χ4v) is 5.69. The van der Waals surface area contributed by atoms with E-state index in [2.05, 4.69) is 124 Å². The maximum absolute atomic E-state index is 5.86. The van der Waals surface area contributed by atoms with Gasteiger partial charge >= 0.3 is 0 Å². The molecule has 3 N–H and O–H groups in total. The maximum atomic E-state index is 5.86. The zero-order valence-corrected chi connectivity index (χ0v) is 24.6. The summed E-state index contributed by atoms with van der Waals surface area (Å²) in [7, 11) is 2.15. The molecule has 0 amide bonds. The van der Waals surface area contributed by atoms with Gasteiger partial charge in [-0.2, -0.15) is 0 Å². The number of nitrogens with one attached hydrogen (secondary N) is 1. The summed E-state index contributed by atoms with van der Waals surface area (Å²) in [6, 6.07) is 22.1. The Balaban J connectivity index is 0.00000134. The minimum Gasteiger partial charge on any atom is -0.390 e. The number of nitrogens with two attached hydrogens (primary N) is 1. The molecule has 0 aliphatic heterocycles. The first-order chi connectivity index (χ1) is 18.7. The summed E-state index contributed by atoms with van der Waals surface area (Å²) < 4.78 is 0. The van der Waals surface area contributed by atoms with Crippen LogP contribution >= 0.6 is 0 Å². The Morgan fingerprint density at radius 2 is 1.46 bits per heavy atom. The van der Waals surface area contributed by atoms with Crippen molar-refractivity contribution in [3.8, 4) is 0 Å². The molecule has 0 bridgehead atoms. The van der Waals surface area contributed by atoms with E-state index in [1.54, 1.807) is 0 Å². The number of hydrogen-bond acceptors (Lipinski definition) is 3. The second kappa shape index (κ2) is 13.8. The van der Waals surface area contributed by atoms with Crippen molar-refractivity contribution in [3.05, 3.63) is 113 Å². The summed E-state index contributed by atoms with van der Waals surface area (Å²) in [5.74, 6) is 1.52. The molecule has 3 aromatic carbocycles. The Kier molecular flexibility index (Phi) is 10.6. The van der Waals surface area contributed by atoms with Crippen LogP contribution in [0, 0.1) is 39.0 Å². The van der Waals surface area contributed by atoms with Crippen LogP contribution in [0.2, 0.25) is 0 Å². The van der Waals surface area contributed by atoms with E-state index in [1.807, 2.05) is 0 Å². The molecule has 0 saturated heterocycles. The van der Waals surface area contributed by atoms with Crippen LogP contribution in [0.1, 0.15) is 65.5 Å². The minimum atomic E-state index is 0.559. The van der Waals surface area contributed by atoms with E-state index in [9.17, 15) is 0 Å². The van der Waals surface area contributed by atoms with E-state index in [4.69, 9.17) is 5.41 Å². The van der Waals surface area contributed by atoms with Gasteiger partial charge in [0.2, 0.25) is 0 Å². The Labute approximate surface area is 236 Å². The van der Waals surface area contributed by atoms with Crippen LogP contribution in [0.4, 0.5) is 11.4 Å². The standard InChI is InChI=1S/C34H42N2.CH4N2/c1-24-17-19-31(20-18-24)36(29(6)35(7)23-33-26(3)21-25(2)22-27(33)4)34-16-12-11-15-32(34)28(5)30-13-9-8-10-14-30;2-1-3/h11-12,15-22,30H,5-6,8-10,13-14,23H2,1-4,7H3;1H,(H3,2,3). The zero-order valence-electron chi connectivity index (χ0n) is 24.6. The Hall–Kier alpha value is -3.79. The second-order valence-electron chi connectivity index (χ2n) is 10.9. The lowest BCUT2D eigenvalue weighted by Gasteiger charge is -2.36. The van der Waals surface area contributed by atoms with E-state index in [-0.39, 0.29) is 0 Å². The third kappa shape index (κ3) is 7.41. The molecule has 0 heterocycles. The van der Waals surface area contributed by atoms with Crippen LogP contribution in [0.5, 0.6) is 0 Å². The van der Waals surface area contributed by atoms with Gasteiger partial charge in [0, 0.05) is 24.8 Å². The molecule has 0 aromatic heterocycles. The normalized spacial score (nSPS) is 13.2.